The van der Waals surface area contributed by atoms with Gasteiger partial charge in [0.1, 0.15) is 11.9 Å². The molecular formula is C12H12BrClN2O. The van der Waals surface area contributed by atoms with Crippen LogP contribution in [-0.4, -0.2) is 14.7 Å². The molecule has 0 radical (unpaired) electrons. The van der Waals surface area contributed by atoms with Gasteiger partial charge in [-0.3, -0.25) is 0 Å². The molecule has 17 heavy (non-hydrogen) atoms. The Labute approximate surface area is 113 Å². The molecule has 1 N–H and O–H groups in total. The third-order valence-corrected chi connectivity index (χ3v) is 3.21. The van der Waals surface area contributed by atoms with E-state index in [1.54, 1.807) is 18.3 Å². The van der Waals surface area contributed by atoms with Crippen molar-refractivity contribution in [1.29, 1.82) is 0 Å². The summed E-state index contributed by atoms with van der Waals surface area (Å²) in [6, 6.07) is 5.36. The lowest BCUT2D eigenvalue weighted by Crippen LogP contribution is -2.08. The van der Waals surface area contributed by atoms with Crippen molar-refractivity contribution in [2.24, 2.45) is 0 Å². The first-order valence-corrected chi connectivity index (χ1v) is 6.44. The fourth-order valence-electron chi connectivity index (χ4n) is 1.72. The van der Waals surface area contributed by atoms with E-state index in [1.165, 1.54) is 0 Å². The number of aliphatic hydroxyl groups is 1. The quantitative estimate of drug-likeness (QED) is 0.942. The highest BCUT2D eigenvalue weighted by Gasteiger charge is 2.16. The van der Waals surface area contributed by atoms with Crippen LogP contribution in [0.4, 0.5) is 0 Å². The van der Waals surface area contributed by atoms with Crippen molar-refractivity contribution in [2.45, 2.75) is 19.6 Å². The molecular weight excluding hydrogens is 304 g/mol. The van der Waals surface area contributed by atoms with E-state index in [9.17, 15) is 5.11 Å². The number of hydrogen-bond acceptors (Lipinski definition) is 2. The van der Waals surface area contributed by atoms with Crippen LogP contribution in [0.1, 0.15) is 24.4 Å². The van der Waals surface area contributed by atoms with Crippen molar-refractivity contribution in [2.75, 3.05) is 0 Å². The molecule has 2 rings (SSSR count). The minimum absolute atomic E-state index is 0.586. The van der Waals surface area contributed by atoms with Gasteiger partial charge in [-0.1, -0.05) is 27.5 Å². The van der Waals surface area contributed by atoms with Crippen LogP contribution in [0.25, 0.3) is 0 Å². The Balaban J connectivity index is 2.39. The number of nitrogens with zero attached hydrogens (tertiary/aromatic N) is 2. The van der Waals surface area contributed by atoms with Gasteiger partial charge in [0.25, 0.3) is 0 Å². The second-order valence-corrected chi connectivity index (χ2v) is 5.03. The Kier molecular flexibility index (Phi) is 3.86. The average Bonchev–Trinajstić information content (AvgIpc) is 2.74. The molecule has 0 bridgehead atoms. The molecule has 2 aromatic rings. The van der Waals surface area contributed by atoms with Crippen LogP contribution in [0.2, 0.25) is 5.02 Å². The Morgan fingerprint density at radius 2 is 2.24 bits per heavy atom. The number of aliphatic hydroxyl groups excluding tert-OH is 1. The summed E-state index contributed by atoms with van der Waals surface area (Å²) in [5.41, 5.74) is 0.727. The maximum atomic E-state index is 10.3. The minimum atomic E-state index is -0.764. The van der Waals surface area contributed by atoms with Crippen LogP contribution in [-0.2, 0) is 6.54 Å². The van der Waals surface area contributed by atoms with Gasteiger partial charge in [0, 0.05) is 28.4 Å². The zero-order valence-electron chi connectivity index (χ0n) is 9.27. The molecule has 1 unspecified atom stereocenters. The van der Waals surface area contributed by atoms with E-state index < -0.39 is 6.10 Å². The molecule has 0 aliphatic carbocycles. The molecule has 0 fully saturated rings. The van der Waals surface area contributed by atoms with Crippen molar-refractivity contribution >= 4 is 27.5 Å². The first kappa shape index (κ1) is 12.6. The summed E-state index contributed by atoms with van der Waals surface area (Å²) in [6.07, 6.45) is 2.76. The standard InChI is InChI=1S/C12H12BrClN2O/c1-2-16-4-3-15-12(16)11(17)8-5-9(13)7-10(14)6-8/h3-7,11,17H,2H2,1H3. The molecule has 1 heterocycles. The number of aryl methyl sites for hydroxylation is 1. The molecule has 0 aliphatic heterocycles. The summed E-state index contributed by atoms with van der Waals surface area (Å²) in [6.45, 7) is 2.78. The largest absolute Gasteiger partial charge is 0.380 e. The molecule has 1 aromatic heterocycles. The summed E-state index contributed by atoms with van der Waals surface area (Å²) in [5, 5.41) is 10.9. The Hall–Kier alpha value is -0.840. The Bertz CT molecular complexity index is 507. The molecule has 1 atom stereocenters. The van der Waals surface area contributed by atoms with Gasteiger partial charge in [-0.05, 0) is 30.7 Å². The van der Waals surface area contributed by atoms with E-state index in [1.807, 2.05) is 23.8 Å². The predicted octanol–water partition coefficient (Wildman–Crippen LogP) is 3.40. The van der Waals surface area contributed by atoms with Crippen LogP contribution in [0.5, 0.6) is 0 Å². The van der Waals surface area contributed by atoms with E-state index in [2.05, 4.69) is 20.9 Å². The van der Waals surface area contributed by atoms with Crippen molar-refractivity contribution in [3.8, 4) is 0 Å². The molecule has 90 valence electrons. The van der Waals surface area contributed by atoms with Gasteiger partial charge in [-0.2, -0.15) is 0 Å². The first-order valence-electron chi connectivity index (χ1n) is 5.27. The van der Waals surface area contributed by atoms with Crippen LogP contribution >= 0.6 is 27.5 Å². The molecule has 0 aliphatic rings. The van der Waals surface area contributed by atoms with Gasteiger partial charge >= 0.3 is 0 Å². The van der Waals surface area contributed by atoms with Crippen molar-refractivity contribution in [3.63, 3.8) is 0 Å². The summed E-state index contributed by atoms with van der Waals surface area (Å²) in [5.74, 6) is 0.627. The fourth-order valence-corrected chi connectivity index (χ4v) is 2.60. The van der Waals surface area contributed by atoms with Crippen molar-refractivity contribution in [3.05, 3.63) is 51.5 Å². The molecule has 5 heteroatoms. The molecule has 0 spiro atoms. The number of benzene rings is 1. The molecule has 0 saturated carbocycles. The predicted molar refractivity (Wildman–Crippen MR) is 71.1 cm³/mol. The molecule has 1 aromatic carbocycles. The number of hydrogen-bond donors (Lipinski definition) is 1. The average molecular weight is 316 g/mol. The van der Waals surface area contributed by atoms with E-state index in [0.29, 0.717) is 10.8 Å². The highest BCUT2D eigenvalue weighted by Crippen LogP contribution is 2.27. The fraction of sp³-hybridized carbons (Fsp3) is 0.250. The zero-order valence-corrected chi connectivity index (χ0v) is 11.6. The molecule has 0 amide bonds. The van der Waals surface area contributed by atoms with E-state index in [4.69, 9.17) is 11.6 Å². The van der Waals surface area contributed by atoms with Gasteiger partial charge in [-0.25, -0.2) is 4.98 Å². The van der Waals surface area contributed by atoms with Gasteiger partial charge in [0.15, 0.2) is 0 Å². The van der Waals surface area contributed by atoms with Crippen LogP contribution in [0, 0.1) is 0 Å². The Morgan fingerprint density at radius 3 is 2.88 bits per heavy atom. The van der Waals surface area contributed by atoms with Crippen LogP contribution in [0.15, 0.2) is 35.1 Å². The monoisotopic (exact) mass is 314 g/mol. The third kappa shape index (κ3) is 2.70. The lowest BCUT2D eigenvalue weighted by molar-refractivity contribution is 0.205. The van der Waals surface area contributed by atoms with Gasteiger partial charge in [-0.15, -0.1) is 0 Å². The van der Waals surface area contributed by atoms with Crippen LogP contribution < -0.4 is 0 Å². The maximum absolute atomic E-state index is 10.3. The van der Waals surface area contributed by atoms with E-state index in [-0.39, 0.29) is 0 Å². The summed E-state index contributed by atoms with van der Waals surface area (Å²) < 4.78 is 2.74. The van der Waals surface area contributed by atoms with Crippen molar-refractivity contribution < 1.29 is 5.11 Å². The topological polar surface area (TPSA) is 38.0 Å². The minimum Gasteiger partial charge on any atom is -0.380 e. The maximum Gasteiger partial charge on any atom is 0.142 e. The normalized spacial score (nSPS) is 12.7. The number of aromatic nitrogens is 2. The third-order valence-electron chi connectivity index (χ3n) is 2.53. The lowest BCUT2D eigenvalue weighted by atomic mass is 10.1. The summed E-state index contributed by atoms with van der Waals surface area (Å²) in [4.78, 5) is 4.18. The summed E-state index contributed by atoms with van der Waals surface area (Å²) in [7, 11) is 0. The first-order chi connectivity index (χ1) is 8.11. The van der Waals surface area contributed by atoms with Gasteiger partial charge in [0.05, 0.1) is 0 Å². The van der Waals surface area contributed by atoms with Crippen molar-refractivity contribution in [1.82, 2.24) is 9.55 Å². The SMILES string of the molecule is CCn1ccnc1C(O)c1cc(Cl)cc(Br)c1. The summed E-state index contributed by atoms with van der Waals surface area (Å²) >= 11 is 9.32. The number of imidazole rings is 1. The number of rotatable bonds is 3. The second kappa shape index (κ2) is 5.21. The molecule has 3 nitrogen and oxygen atoms in total. The van der Waals surface area contributed by atoms with Gasteiger partial charge in [0.2, 0.25) is 0 Å². The molecule has 0 saturated heterocycles. The highest BCUT2D eigenvalue weighted by atomic mass is 79.9. The number of halogens is 2. The Morgan fingerprint density at radius 1 is 1.47 bits per heavy atom. The zero-order chi connectivity index (χ0) is 12.4. The van der Waals surface area contributed by atoms with Crippen LogP contribution in [0.3, 0.4) is 0 Å². The second-order valence-electron chi connectivity index (χ2n) is 3.68. The highest BCUT2D eigenvalue weighted by molar-refractivity contribution is 9.10. The smallest absolute Gasteiger partial charge is 0.142 e. The van der Waals surface area contributed by atoms with E-state index >= 15 is 0 Å². The van der Waals surface area contributed by atoms with E-state index in [0.717, 1.165) is 16.6 Å². The lowest BCUT2D eigenvalue weighted by Gasteiger charge is -2.13. The van der Waals surface area contributed by atoms with Gasteiger partial charge < -0.3 is 9.67 Å².